The van der Waals surface area contributed by atoms with E-state index in [4.69, 9.17) is 4.55 Å². The fourth-order valence-corrected chi connectivity index (χ4v) is 1.22. The lowest BCUT2D eigenvalue weighted by Gasteiger charge is -1.94. The van der Waals surface area contributed by atoms with Crippen LogP contribution < -0.4 is 0 Å². The highest BCUT2D eigenvalue weighted by molar-refractivity contribution is 7.85. The predicted octanol–water partition coefficient (Wildman–Crippen LogP) is 0.546. The molecule has 1 rings (SSSR count). The predicted molar refractivity (Wildman–Crippen MR) is 62.7 cm³/mol. The Bertz CT molecular complexity index is 508. The van der Waals surface area contributed by atoms with Gasteiger partial charge in [-0.25, -0.2) is 0 Å². The average Bonchev–Trinajstić information content (AvgIpc) is 2.28. The van der Waals surface area contributed by atoms with Crippen molar-refractivity contribution in [3.63, 3.8) is 0 Å². The van der Waals surface area contributed by atoms with Crippen molar-refractivity contribution < 1.29 is 22.7 Å². The molecule has 0 aliphatic carbocycles. The summed E-state index contributed by atoms with van der Waals surface area (Å²) in [5.41, 5.74) is -0.229. The van der Waals surface area contributed by atoms with E-state index in [1.807, 2.05) is 0 Å². The van der Waals surface area contributed by atoms with Crippen molar-refractivity contribution >= 4 is 22.2 Å². The molecule has 0 fully saturated rings. The van der Waals surface area contributed by atoms with Crippen LogP contribution in [-0.4, -0.2) is 43.3 Å². The van der Waals surface area contributed by atoms with Crippen molar-refractivity contribution in [2.75, 3.05) is 14.1 Å². The second kappa shape index (κ2) is 6.67. The minimum absolute atomic E-state index is 0.229. The van der Waals surface area contributed by atoms with Gasteiger partial charge in [0.05, 0.1) is 9.82 Å². The van der Waals surface area contributed by atoms with Crippen LogP contribution in [-0.2, 0) is 14.9 Å². The largest absolute Gasteiger partial charge is 0.351 e. The monoisotopic (exact) mass is 276 g/mol. The quantitative estimate of drug-likeness (QED) is 0.372. The molecule has 9 heteroatoms. The van der Waals surface area contributed by atoms with Crippen LogP contribution >= 0.6 is 0 Å². The van der Waals surface area contributed by atoms with Gasteiger partial charge in [0.1, 0.15) is 0 Å². The number of hydrogen-bond donors (Lipinski definition) is 1. The third kappa shape index (κ3) is 5.92. The van der Waals surface area contributed by atoms with Gasteiger partial charge >= 0.3 is 0 Å². The van der Waals surface area contributed by atoms with E-state index in [1.165, 1.54) is 4.90 Å². The van der Waals surface area contributed by atoms with Gasteiger partial charge in [-0.2, -0.15) is 8.42 Å². The Hall–Kier alpha value is -2.00. The molecular formula is C9H12N2O6S. The summed E-state index contributed by atoms with van der Waals surface area (Å²) in [6.07, 6.45) is 0.750. The summed E-state index contributed by atoms with van der Waals surface area (Å²) in [4.78, 5) is 20.0. The summed E-state index contributed by atoms with van der Waals surface area (Å²) >= 11 is 0. The Morgan fingerprint density at radius 2 is 1.67 bits per heavy atom. The lowest BCUT2D eigenvalue weighted by atomic mass is 10.3. The molecule has 1 amide bonds. The van der Waals surface area contributed by atoms with E-state index in [0.717, 1.165) is 30.7 Å². The SMILES string of the molecule is CN(C)C=O.O=[N+]([O-])c1ccc(S(=O)(=O)O)cc1. The molecule has 0 aromatic heterocycles. The number of benzene rings is 1. The lowest BCUT2D eigenvalue weighted by molar-refractivity contribution is -0.384. The Morgan fingerprint density at radius 1 is 1.28 bits per heavy atom. The maximum atomic E-state index is 10.5. The van der Waals surface area contributed by atoms with Gasteiger partial charge in [0.15, 0.2) is 0 Å². The number of carbonyl (C=O) groups excluding carboxylic acids is 1. The first-order valence-electron chi connectivity index (χ1n) is 4.52. The number of hydrogen-bond acceptors (Lipinski definition) is 5. The number of carbonyl (C=O) groups is 1. The number of nitro groups is 1. The fourth-order valence-electron chi connectivity index (χ4n) is 0.740. The smallest absolute Gasteiger partial charge is 0.294 e. The van der Waals surface area contributed by atoms with Gasteiger partial charge in [-0.1, -0.05) is 0 Å². The first-order chi connectivity index (χ1) is 8.18. The number of amides is 1. The Kier molecular flexibility index (Phi) is 5.93. The van der Waals surface area contributed by atoms with E-state index in [9.17, 15) is 23.3 Å². The molecule has 0 atom stereocenters. The van der Waals surface area contributed by atoms with E-state index in [0.29, 0.717) is 0 Å². The summed E-state index contributed by atoms with van der Waals surface area (Å²) in [6, 6.07) is 3.94. The van der Waals surface area contributed by atoms with Gasteiger partial charge in [0, 0.05) is 26.2 Å². The van der Waals surface area contributed by atoms with Crippen molar-refractivity contribution in [2.24, 2.45) is 0 Å². The number of nitro benzene ring substituents is 1. The molecule has 0 radical (unpaired) electrons. The van der Waals surface area contributed by atoms with Crippen LogP contribution in [0.3, 0.4) is 0 Å². The van der Waals surface area contributed by atoms with E-state index in [2.05, 4.69) is 0 Å². The second-order valence-corrected chi connectivity index (χ2v) is 4.72. The maximum Gasteiger partial charge on any atom is 0.294 e. The highest BCUT2D eigenvalue weighted by Crippen LogP contribution is 2.14. The molecule has 0 saturated carbocycles. The minimum atomic E-state index is -4.27. The van der Waals surface area contributed by atoms with Gasteiger partial charge in [-0.05, 0) is 12.1 Å². The van der Waals surface area contributed by atoms with Crippen LogP contribution in [0.2, 0.25) is 0 Å². The zero-order valence-electron chi connectivity index (χ0n) is 9.68. The number of non-ortho nitro benzene ring substituents is 1. The average molecular weight is 276 g/mol. The van der Waals surface area contributed by atoms with Gasteiger partial charge in [0.25, 0.3) is 15.8 Å². The third-order valence-electron chi connectivity index (χ3n) is 1.56. The molecule has 0 aliphatic rings. The lowest BCUT2D eigenvalue weighted by Crippen LogP contribution is -2.06. The molecule has 0 bridgehead atoms. The fraction of sp³-hybridized carbons (Fsp3) is 0.222. The standard InChI is InChI=1S/C6H5NO5S.C3H7NO/c8-7(9)5-1-3-6(4-2-5)13(10,11)12;1-4(2)3-5/h1-4H,(H,10,11,12);3H,1-2H3. The molecule has 0 unspecified atom stereocenters. The molecule has 0 saturated heterocycles. The summed E-state index contributed by atoms with van der Waals surface area (Å²) in [5.74, 6) is 0. The summed E-state index contributed by atoms with van der Waals surface area (Å²) < 4.78 is 29.5. The molecule has 1 aromatic rings. The van der Waals surface area contributed by atoms with Crippen molar-refractivity contribution in [3.05, 3.63) is 34.4 Å². The van der Waals surface area contributed by atoms with Gasteiger partial charge in [0.2, 0.25) is 6.41 Å². The number of nitrogens with zero attached hydrogens (tertiary/aromatic N) is 2. The first-order valence-corrected chi connectivity index (χ1v) is 5.96. The van der Waals surface area contributed by atoms with Crippen LogP contribution in [0.15, 0.2) is 29.2 Å². The zero-order valence-corrected chi connectivity index (χ0v) is 10.5. The van der Waals surface area contributed by atoms with Crippen LogP contribution in [0.5, 0.6) is 0 Å². The van der Waals surface area contributed by atoms with Crippen LogP contribution in [0.4, 0.5) is 5.69 Å². The Balaban J connectivity index is 0.000000494. The number of rotatable bonds is 3. The molecular weight excluding hydrogens is 264 g/mol. The summed E-state index contributed by atoms with van der Waals surface area (Å²) in [6.45, 7) is 0. The van der Waals surface area contributed by atoms with Crippen molar-refractivity contribution in [3.8, 4) is 0 Å². The molecule has 100 valence electrons. The van der Waals surface area contributed by atoms with Crippen LogP contribution in [0, 0.1) is 10.1 Å². The molecule has 0 heterocycles. The van der Waals surface area contributed by atoms with Gasteiger partial charge in [-0.3, -0.25) is 19.5 Å². The van der Waals surface area contributed by atoms with Crippen LogP contribution in [0.25, 0.3) is 0 Å². The second-order valence-electron chi connectivity index (χ2n) is 3.30. The highest BCUT2D eigenvalue weighted by Gasteiger charge is 2.11. The Labute approximate surface area is 104 Å². The van der Waals surface area contributed by atoms with E-state index >= 15 is 0 Å². The molecule has 8 nitrogen and oxygen atoms in total. The normalized spacial score (nSPS) is 9.94. The zero-order chi connectivity index (χ0) is 14.3. The van der Waals surface area contributed by atoms with Gasteiger partial charge < -0.3 is 4.90 Å². The molecule has 0 spiro atoms. The van der Waals surface area contributed by atoms with Crippen LogP contribution in [0.1, 0.15) is 0 Å². The summed E-state index contributed by atoms with van der Waals surface area (Å²) in [7, 11) is -0.893. The molecule has 1 N–H and O–H groups in total. The molecule has 1 aromatic carbocycles. The van der Waals surface area contributed by atoms with E-state index in [1.54, 1.807) is 14.1 Å². The minimum Gasteiger partial charge on any atom is -0.351 e. The van der Waals surface area contributed by atoms with E-state index < -0.39 is 15.0 Å². The molecule has 0 aliphatic heterocycles. The first kappa shape index (κ1) is 16.0. The van der Waals surface area contributed by atoms with Crippen molar-refractivity contribution in [1.82, 2.24) is 4.90 Å². The maximum absolute atomic E-state index is 10.5. The van der Waals surface area contributed by atoms with Crippen molar-refractivity contribution in [2.45, 2.75) is 4.90 Å². The molecule has 18 heavy (non-hydrogen) atoms. The summed E-state index contributed by atoms with van der Waals surface area (Å²) in [5, 5.41) is 10.2. The Morgan fingerprint density at radius 3 is 1.89 bits per heavy atom. The van der Waals surface area contributed by atoms with Gasteiger partial charge in [-0.15, -0.1) is 0 Å². The topological polar surface area (TPSA) is 118 Å². The van der Waals surface area contributed by atoms with Crippen molar-refractivity contribution in [1.29, 1.82) is 0 Å². The third-order valence-corrected chi connectivity index (χ3v) is 2.42. The highest BCUT2D eigenvalue weighted by atomic mass is 32.2. The van der Waals surface area contributed by atoms with E-state index in [-0.39, 0.29) is 10.6 Å².